The van der Waals surface area contributed by atoms with E-state index in [1.54, 1.807) is 26.8 Å². The Kier molecular flexibility index (Phi) is 4.90. The van der Waals surface area contributed by atoms with E-state index in [2.05, 4.69) is 0 Å². The van der Waals surface area contributed by atoms with Gasteiger partial charge in [0.1, 0.15) is 6.42 Å². The minimum Gasteiger partial charge on any atom is -0.459 e. The Morgan fingerprint density at radius 2 is 1.68 bits per heavy atom. The molecular formula is C21H23N3O4. The third kappa shape index (κ3) is 3.40. The highest BCUT2D eigenvalue weighted by molar-refractivity contribution is 6.06. The topological polar surface area (TPSA) is 74.1 Å². The normalized spacial score (nSPS) is 18.9. The van der Waals surface area contributed by atoms with Gasteiger partial charge in [-0.25, -0.2) is 0 Å². The molecular weight excluding hydrogens is 358 g/mol. The van der Waals surface area contributed by atoms with Crippen LogP contribution in [0.5, 0.6) is 0 Å². The number of furan rings is 1. The molecule has 0 N–H and O–H groups in total. The minimum absolute atomic E-state index is 0.0560. The van der Waals surface area contributed by atoms with Crippen LogP contribution in [0.25, 0.3) is 0 Å². The smallest absolute Gasteiger partial charge is 0.289 e. The first-order valence-electron chi connectivity index (χ1n) is 9.55. The van der Waals surface area contributed by atoms with Crippen LogP contribution in [0.3, 0.4) is 0 Å². The fraction of sp³-hybridized carbons (Fsp3) is 0.381. The van der Waals surface area contributed by atoms with Gasteiger partial charge in [-0.1, -0.05) is 18.2 Å². The molecule has 0 saturated carbocycles. The number of piperazine rings is 1. The molecule has 7 heteroatoms. The molecule has 1 atom stereocenters. The summed E-state index contributed by atoms with van der Waals surface area (Å²) in [7, 11) is 0. The maximum atomic E-state index is 12.8. The molecule has 1 fully saturated rings. The molecule has 0 radical (unpaired) electrons. The van der Waals surface area contributed by atoms with Crippen LogP contribution in [0.15, 0.2) is 47.1 Å². The van der Waals surface area contributed by atoms with E-state index < -0.39 is 0 Å². The average molecular weight is 381 g/mol. The minimum atomic E-state index is -0.188. The summed E-state index contributed by atoms with van der Waals surface area (Å²) in [4.78, 5) is 42.8. The highest BCUT2D eigenvalue weighted by Gasteiger charge is 2.33. The molecule has 146 valence electrons. The van der Waals surface area contributed by atoms with Gasteiger partial charge in [0, 0.05) is 37.9 Å². The molecule has 1 unspecified atom stereocenters. The van der Waals surface area contributed by atoms with Crippen LogP contribution in [-0.4, -0.2) is 59.7 Å². The second-order valence-electron chi connectivity index (χ2n) is 7.27. The molecule has 4 rings (SSSR count). The maximum Gasteiger partial charge on any atom is 0.289 e. The van der Waals surface area contributed by atoms with Gasteiger partial charge in [-0.2, -0.15) is 0 Å². The van der Waals surface area contributed by atoms with Gasteiger partial charge < -0.3 is 19.1 Å². The van der Waals surface area contributed by atoms with Gasteiger partial charge in [0.05, 0.1) is 6.26 Å². The van der Waals surface area contributed by atoms with Crippen molar-refractivity contribution in [3.8, 4) is 0 Å². The molecule has 2 aliphatic heterocycles. The summed E-state index contributed by atoms with van der Waals surface area (Å²) >= 11 is 0. The van der Waals surface area contributed by atoms with E-state index >= 15 is 0 Å². The van der Waals surface area contributed by atoms with E-state index in [1.807, 2.05) is 31.2 Å². The van der Waals surface area contributed by atoms with Crippen LogP contribution in [0.4, 0.5) is 5.69 Å². The van der Waals surface area contributed by atoms with Crippen LogP contribution < -0.4 is 4.90 Å². The molecule has 1 aromatic heterocycles. The van der Waals surface area contributed by atoms with E-state index in [9.17, 15) is 14.4 Å². The number of hydrogen-bond donors (Lipinski definition) is 0. The molecule has 3 amide bonds. The Labute approximate surface area is 163 Å². The monoisotopic (exact) mass is 381 g/mol. The number of benzene rings is 1. The molecule has 2 aromatic rings. The SMILES string of the molecule is CC1Cc2ccccc2N1C(=O)CC(=O)N1CCN(C(=O)c2ccco2)CC1. The zero-order valence-corrected chi connectivity index (χ0v) is 15.8. The molecule has 2 aliphatic rings. The van der Waals surface area contributed by atoms with Gasteiger partial charge in [0.25, 0.3) is 5.91 Å². The number of anilines is 1. The van der Waals surface area contributed by atoms with Crippen molar-refractivity contribution in [2.24, 2.45) is 0 Å². The van der Waals surface area contributed by atoms with Crippen molar-refractivity contribution in [3.05, 3.63) is 54.0 Å². The predicted octanol–water partition coefficient (Wildman–Crippen LogP) is 1.93. The summed E-state index contributed by atoms with van der Waals surface area (Å²) in [6, 6.07) is 11.2. The van der Waals surface area contributed by atoms with Crippen molar-refractivity contribution >= 4 is 23.4 Å². The number of rotatable bonds is 3. The molecule has 7 nitrogen and oxygen atoms in total. The lowest BCUT2D eigenvalue weighted by Crippen LogP contribution is -2.51. The van der Waals surface area contributed by atoms with Crippen LogP contribution in [-0.2, 0) is 16.0 Å². The Balaban J connectivity index is 1.34. The van der Waals surface area contributed by atoms with Gasteiger partial charge in [-0.15, -0.1) is 0 Å². The lowest BCUT2D eigenvalue weighted by atomic mass is 10.1. The summed E-state index contributed by atoms with van der Waals surface area (Å²) in [6.07, 6.45) is 2.13. The summed E-state index contributed by atoms with van der Waals surface area (Å²) in [5, 5.41) is 0. The first-order valence-corrected chi connectivity index (χ1v) is 9.55. The molecule has 1 saturated heterocycles. The summed E-state index contributed by atoms with van der Waals surface area (Å²) in [6.45, 7) is 3.71. The highest BCUT2D eigenvalue weighted by atomic mass is 16.3. The van der Waals surface area contributed by atoms with Crippen molar-refractivity contribution in [1.29, 1.82) is 0 Å². The van der Waals surface area contributed by atoms with E-state index in [0.717, 1.165) is 17.7 Å². The molecule has 0 spiro atoms. The van der Waals surface area contributed by atoms with Crippen LogP contribution >= 0.6 is 0 Å². The fourth-order valence-corrected chi connectivity index (χ4v) is 3.99. The first-order chi connectivity index (χ1) is 13.5. The van der Waals surface area contributed by atoms with Crippen molar-refractivity contribution in [3.63, 3.8) is 0 Å². The highest BCUT2D eigenvalue weighted by Crippen LogP contribution is 2.32. The molecule has 0 bridgehead atoms. The van der Waals surface area contributed by atoms with E-state index in [-0.39, 0.29) is 30.2 Å². The van der Waals surface area contributed by atoms with E-state index in [1.165, 1.54) is 6.26 Å². The third-order valence-corrected chi connectivity index (χ3v) is 5.43. The largest absolute Gasteiger partial charge is 0.459 e. The van der Waals surface area contributed by atoms with Crippen LogP contribution in [0, 0.1) is 0 Å². The standard InChI is InChI=1S/C21H23N3O4/c1-15-13-16-5-2-3-6-17(16)24(15)20(26)14-19(25)22-8-10-23(11-9-22)21(27)18-7-4-12-28-18/h2-7,12,15H,8-11,13-14H2,1H3. The number of carbonyl (C=O) groups excluding carboxylic acids is 3. The molecule has 1 aromatic carbocycles. The second kappa shape index (κ2) is 7.50. The maximum absolute atomic E-state index is 12.8. The van der Waals surface area contributed by atoms with Crippen molar-refractivity contribution in [1.82, 2.24) is 9.80 Å². The van der Waals surface area contributed by atoms with E-state index in [0.29, 0.717) is 31.9 Å². The zero-order valence-electron chi connectivity index (χ0n) is 15.8. The van der Waals surface area contributed by atoms with Crippen molar-refractivity contribution in [2.45, 2.75) is 25.8 Å². The average Bonchev–Trinajstić information content (AvgIpc) is 3.34. The lowest BCUT2D eigenvalue weighted by molar-refractivity contribution is -0.136. The summed E-state index contributed by atoms with van der Waals surface area (Å²) < 4.78 is 5.15. The number of para-hydroxylation sites is 1. The molecule has 0 aliphatic carbocycles. The second-order valence-corrected chi connectivity index (χ2v) is 7.27. The van der Waals surface area contributed by atoms with Crippen molar-refractivity contribution < 1.29 is 18.8 Å². The number of hydrogen-bond acceptors (Lipinski definition) is 4. The number of nitrogens with zero attached hydrogens (tertiary/aromatic N) is 3. The summed E-state index contributed by atoms with van der Waals surface area (Å²) in [5.74, 6) is -0.226. The van der Waals surface area contributed by atoms with E-state index in [4.69, 9.17) is 4.42 Å². The number of carbonyl (C=O) groups is 3. The molecule has 3 heterocycles. The first kappa shape index (κ1) is 18.3. The third-order valence-electron chi connectivity index (χ3n) is 5.43. The summed E-state index contributed by atoms with van der Waals surface area (Å²) in [5.41, 5.74) is 2.04. The lowest BCUT2D eigenvalue weighted by Gasteiger charge is -2.34. The Morgan fingerprint density at radius 3 is 2.39 bits per heavy atom. The Hall–Kier alpha value is -3.09. The van der Waals surface area contributed by atoms with Gasteiger partial charge in [-0.3, -0.25) is 14.4 Å². The van der Waals surface area contributed by atoms with Gasteiger partial charge in [0.2, 0.25) is 11.8 Å². The number of amides is 3. The predicted molar refractivity (Wildman–Crippen MR) is 103 cm³/mol. The van der Waals surface area contributed by atoms with Gasteiger partial charge >= 0.3 is 0 Å². The van der Waals surface area contributed by atoms with Gasteiger partial charge in [-0.05, 0) is 37.1 Å². The molecule has 28 heavy (non-hydrogen) atoms. The quantitative estimate of drug-likeness (QED) is 0.762. The van der Waals surface area contributed by atoms with Crippen molar-refractivity contribution in [2.75, 3.05) is 31.1 Å². The van der Waals surface area contributed by atoms with Crippen LogP contribution in [0.2, 0.25) is 0 Å². The van der Waals surface area contributed by atoms with Crippen LogP contribution in [0.1, 0.15) is 29.5 Å². The number of fused-ring (bicyclic) bond motifs is 1. The van der Waals surface area contributed by atoms with Gasteiger partial charge in [0.15, 0.2) is 5.76 Å². The Morgan fingerprint density at radius 1 is 0.964 bits per heavy atom. The zero-order chi connectivity index (χ0) is 19.7. The fourth-order valence-electron chi connectivity index (χ4n) is 3.99. The Bertz CT molecular complexity index is 885.